The highest BCUT2D eigenvalue weighted by Crippen LogP contribution is 2.08. The Balaban J connectivity index is 1.40. The quantitative estimate of drug-likeness (QED) is 0.203. The maximum absolute atomic E-state index is 11.8. The molecular weight excluding hydrogens is 424 g/mol. The van der Waals surface area contributed by atoms with Crippen molar-refractivity contribution in [3.05, 3.63) is 83.9 Å². The van der Waals surface area contributed by atoms with Crippen LogP contribution in [-0.2, 0) is 9.59 Å². The van der Waals surface area contributed by atoms with Gasteiger partial charge in [-0.05, 0) is 36.1 Å². The highest BCUT2D eigenvalue weighted by atomic mass is 16.2. The Hall–Kier alpha value is -3.80. The average molecular weight is 459 g/mol. The summed E-state index contributed by atoms with van der Waals surface area (Å²) in [6.45, 7) is 0. The lowest BCUT2D eigenvalue weighted by Gasteiger charge is -2.02. The van der Waals surface area contributed by atoms with Crippen molar-refractivity contribution in [1.29, 1.82) is 0 Å². The molecule has 0 unspecified atom stereocenters. The van der Waals surface area contributed by atoms with Crippen LogP contribution < -0.4 is 10.9 Å². The second kappa shape index (κ2) is 17.7. The number of amides is 2. The van der Waals surface area contributed by atoms with Crippen molar-refractivity contribution in [2.45, 2.75) is 51.4 Å². The average Bonchev–Trinajstić information content (AvgIpc) is 2.86. The number of hydrogen-bond acceptors (Lipinski definition) is 4. The van der Waals surface area contributed by atoms with E-state index in [-0.39, 0.29) is 11.8 Å². The molecule has 0 aliphatic rings. The number of carbonyl (C=O) groups is 2. The molecule has 0 heterocycles. The lowest BCUT2D eigenvalue weighted by molar-refractivity contribution is -0.122. The number of carbonyl (C=O) groups excluding carboxylic acids is 2. The highest BCUT2D eigenvalue weighted by molar-refractivity contribution is 5.82. The SMILES string of the molecule is O=C(CCCCCCCCC(=O)N/N=C/C=C/c1ccccc1)N/N=C/C=C/c1ccccc1. The van der Waals surface area contributed by atoms with Gasteiger partial charge in [-0.2, -0.15) is 10.2 Å². The van der Waals surface area contributed by atoms with E-state index in [2.05, 4.69) is 21.1 Å². The third-order valence-electron chi connectivity index (χ3n) is 4.93. The molecule has 0 saturated heterocycles. The molecule has 178 valence electrons. The first-order valence-electron chi connectivity index (χ1n) is 11.8. The summed E-state index contributed by atoms with van der Waals surface area (Å²) in [5.74, 6) is -0.139. The summed E-state index contributed by atoms with van der Waals surface area (Å²) in [7, 11) is 0. The summed E-state index contributed by atoms with van der Waals surface area (Å²) < 4.78 is 0. The number of hydrogen-bond donors (Lipinski definition) is 2. The lowest BCUT2D eigenvalue weighted by atomic mass is 10.1. The summed E-state index contributed by atoms with van der Waals surface area (Å²) >= 11 is 0. The van der Waals surface area contributed by atoms with Gasteiger partial charge in [0.05, 0.1) is 0 Å². The number of nitrogens with zero attached hydrogens (tertiary/aromatic N) is 2. The van der Waals surface area contributed by atoms with E-state index in [1.807, 2.05) is 72.8 Å². The summed E-state index contributed by atoms with van der Waals surface area (Å²) in [5, 5.41) is 7.85. The van der Waals surface area contributed by atoms with Crippen molar-refractivity contribution < 1.29 is 9.59 Å². The van der Waals surface area contributed by atoms with Crippen LogP contribution in [0.3, 0.4) is 0 Å². The van der Waals surface area contributed by atoms with E-state index in [1.165, 1.54) is 0 Å². The summed E-state index contributed by atoms with van der Waals surface area (Å²) in [6, 6.07) is 19.8. The molecule has 0 saturated carbocycles. The Kier molecular flexibility index (Phi) is 13.8. The maximum atomic E-state index is 11.8. The van der Waals surface area contributed by atoms with Crippen molar-refractivity contribution in [3.8, 4) is 0 Å². The molecule has 2 aromatic rings. The standard InChI is InChI=1S/C28H34N4O2/c33-27(31-29-23-13-19-25-15-7-5-8-16-25)21-11-3-1-2-4-12-22-28(34)32-30-24-14-20-26-17-9-6-10-18-26/h5-10,13-20,23-24H,1-4,11-12,21-22H2,(H,31,33)(H,32,34)/b19-13+,20-14+,29-23+,30-24+. The first-order valence-corrected chi connectivity index (χ1v) is 11.8. The van der Waals surface area contributed by atoms with Crippen LogP contribution in [0.15, 0.2) is 83.0 Å². The van der Waals surface area contributed by atoms with E-state index < -0.39 is 0 Å². The molecule has 34 heavy (non-hydrogen) atoms. The molecule has 2 N–H and O–H groups in total. The van der Waals surface area contributed by atoms with Crippen LogP contribution in [0.4, 0.5) is 0 Å². The predicted octanol–water partition coefficient (Wildman–Crippen LogP) is 5.74. The molecule has 2 aromatic carbocycles. The summed E-state index contributed by atoms with van der Waals surface area (Å²) in [5.41, 5.74) is 7.26. The van der Waals surface area contributed by atoms with Gasteiger partial charge in [-0.3, -0.25) is 9.59 Å². The Bertz CT molecular complexity index is 871. The van der Waals surface area contributed by atoms with Gasteiger partial charge in [0, 0.05) is 25.3 Å². The topological polar surface area (TPSA) is 82.9 Å². The van der Waals surface area contributed by atoms with Crippen molar-refractivity contribution in [1.82, 2.24) is 10.9 Å². The van der Waals surface area contributed by atoms with E-state index in [0.29, 0.717) is 12.8 Å². The molecule has 0 atom stereocenters. The normalized spacial score (nSPS) is 11.6. The number of allylic oxidation sites excluding steroid dienone is 2. The van der Waals surface area contributed by atoms with Gasteiger partial charge in [0.1, 0.15) is 0 Å². The van der Waals surface area contributed by atoms with E-state index >= 15 is 0 Å². The van der Waals surface area contributed by atoms with Gasteiger partial charge in [0.25, 0.3) is 0 Å². The first kappa shape index (κ1) is 26.5. The molecule has 0 bridgehead atoms. The molecule has 6 heteroatoms. The second-order valence-corrected chi connectivity index (χ2v) is 7.79. The fourth-order valence-electron chi connectivity index (χ4n) is 3.13. The van der Waals surface area contributed by atoms with Gasteiger partial charge in [0.15, 0.2) is 0 Å². The lowest BCUT2D eigenvalue weighted by Crippen LogP contribution is -2.16. The number of benzene rings is 2. The number of rotatable bonds is 15. The van der Waals surface area contributed by atoms with Gasteiger partial charge in [-0.25, -0.2) is 10.9 Å². The zero-order chi connectivity index (χ0) is 24.1. The molecule has 0 fully saturated rings. The minimum Gasteiger partial charge on any atom is -0.273 e. The molecule has 2 rings (SSSR count). The number of hydrazone groups is 2. The van der Waals surface area contributed by atoms with E-state index in [1.54, 1.807) is 24.6 Å². The molecule has 0 radical (unpaired) electrons. The van der Waals surface area contributed by atoms with E-state index in [9.17, 15) is 9.59 Å². The fraction of sp³-hybridized carbons (Fsp3) is 0.286. The summed E-state index contributed by atoms with van der Waals surface area (Å²) in [4.78, 5) is 23.6. The van der Waals surface area contributed by atoms with E-state index in [4.69, 9.17) is 0 Å². The molecule has 0 aliphatic heterocycles. The van der Waals surface area contributed by atoms with Crippen LogP contribution in [0.1, 0.15) is 62.5 Å². The molecule has 0 spiro atoms. The Morgan fingerprint density at radius 3 is 1.38 bits per heavy atom. The number of unbranched alkanes of at least 4 members (excludes halogenated alkanes) is 5. The highest BCUT2D eigenvalue weighted by Gasteiger charge is 2.01. The minimum atomic E-state index is -0.0693. The first-order chi connectivity index (χ1) is 16.7. The van der Waals surface area contributed by atoms with Gasteiger partial charge in [0.2, 0.25) is 11.8 Å². The Morgan fingerprint density at radius 1 is 0.588 bits per heavy atom. The zero-order valence-corrected chi connectivity index (χ0v) is 19.6. The summed E-state index contributed by atoms with van der Waals surface area (Å²) in [6.07, 6.45) is 17.3. The molecular formula is C28H34N4O2. The van der Waals surface area contributed by atoms with Crippen LogP contribution >= 0.6 is 0 Å². The zero-order valence-electron chi connectivity index (χ0n) is 19.6. The maximum Gasteiger partial charge on any atom is 0.240 e. The molecule has 0 aliphatic carbocycles. The predicted molar refractivity (Wildman–Crippen MR) is 141 cm³/mol. The van der Waals surface area contributed by atoms with Gasteiger partial charge >= 0.3 is 0 Å². The van der Waals surface area contributed by atoms with Crippen LogP contribution in [-0.4, -0.2) is 24.2 Å². The third-order valence-corrected chi connectivity index (χ3v) is 4.93. The third kappa shape index (κ3) is 13.6. The van der Waals surface area contributed by atoms with Crippen molar-refractivity contribution in [2.24, 2.45) is 10.2 Å². The van der Waals surface area contributed by atoms with Crippen LogP contribution in [0.2, 0.25) is 0 Å². The Labute approximate surface area is 202 Å². The number of nitrogens with one attached hydrogen (secondary N) is 2. The van der Waals surface area contributed by atoms with Crippen molar-refractivity contribution >= 4 is 36.4 Å². The van der Waals surface area contributed by atoms with Gasteiger partial charge in [-0.15, -0.1) is 0 Å². The van der Waals surface area contributed by atoms with Gasteiger partial charge < -0.3 is 0 Å². The largest absolute Gasteiger partial charge is 0.273 e. The van der Waals surface area contributed by atoms with Gasteiger partial charge in [-0.1, -0.05) is 98.5 Å². The molecule has 6 nitrogen and oxygen atoms in total. The fourth-order valence-corrected chi connectivity index (χ4v) is 3.13. The van der Waals surface area contributed by atoms with E-state index in [0.717, 1.165) is 49.7 Å². The van der Waals surface area contributed by atoms with Crippen LogP contribution in [0, 0.1) is 0 Å². The minimum absolute atomic E-state index is 0.0693. The van der Waals surface area contributed by atoms with Crippen LogP contribution in [0.25, 0.3) is 12.2 Å². The van der Waals surface area contributed by atoms with Crippen molar-refractivity contribution in [3.63, 3.8) is 0 Å². The molecule has 2 amide bonds. The Morgan fingerprint density at radius 2 is 0.971 bits per heavy atom. The second-order valence-electron chi connectivity index (χ2n) is 7.79. The van der Waals surface area contributed by atoms with Crippen molar-refractivity contribution in [2.75, 3.05) is 0 Å². The molecule has 0 aromatic heterocycles. The monoisotopic (exact) mass is 458 g/mol. The smallest absolute Gasteiger partial charge is 0.240 e. The van der Waals surface area contributed by atoms with Crippen LogP contribution in [0.5, 0.6) is 0 Å².